The molecule has 0 saturated carbocycles. The summed E-state index contributed by atoms with van der Waals surface area (Å²) in [5, 5.41) is 12.2. The predicted octanol–water partition coefficient (Wildman–Crippen LogP) is 2.60. The standard InChI is InChI=1S/C12H13NO2/c1-2-10-5-3-8-7-9(12(14)15)4-6-11(8)13-10/h3-7,10,13H,2H2,1H3,(H,14,15). The van der Waals surface area contributed by atoms with Crippen molar-refractivity contribution in [1.29, 1.82) is 0 Å². The average Bonchev–Trinajstić information content (AvgIpc) is 2.27. The van der Waals surface area contributed by atoms with Gasteiger partial charge >= 0.3 is 5.97 Å². The van der Waals surface area contributed by atoms with E-state index < -0.39 is 5.97 Å². The van der Waals surface area contributed by atoms with Crippen molar-refractivity contribution in [2.45, 2.75) is 19.4 Å². The van der Waals surface area contributed by atoms with Crippen LogP contribution >= 0.6 is 0 Å². The van der Waals surface area contributed by atoms with Crippen LogP contribution in [0.15, 0.2) is 24.3 Å². The molecule has 3 heteroatoms. The number of hydrogen-bond donors (Lipinski definition) is 2. The van der Waals surface area contributed by atoms with Crippen LogP contribution in [0.25, 0.3) is 6.08 Å². The molecule has 0 aromatic heterocycles. The first kappa shape index (κ1) is 9.77. The van der Waals surface area contributed by atoms with Crippen LogP contribution in [0.4, 0.5) is 5.69 Å². The molecule has 2 N–H and O–H groups in total. The Kier molecular flexibility index (Phi) is 2.46. The Morgan fingerprint density at radius 3 is 3.00 bits per heavy atom. The molecule has 0 fully saturated rings. The van der Waals surface area contributed by atoms with Crippen molar-refractivity contribution in [3.8, 4) is 0 Å². The van der Waals surface area contributed by atoms with Gasteiger partial charge in [0.2, 0.25) is 0 Å². The molecule has 1 unspecified atom stereocenters. The first-order chi connectivity index (χ1) is 7.20. The van der Waals surface area contributed by atoms with Crippen molar-refractivity contribution in [3.05, 3.63) is 35.4 Å². The molecule has 0 bridgehead atoms. The normalized spacial score (nSPS) is 18.1. The minimum Gasteiger partial charge on any atom is -0.478 e. The third kappa shape index (κ3) is 1.86. The topological polar surface area (TPSA) is 49.3 Å². The van der Waals surface area contributed by atoms with E-state index in [1.165, 1.54) is 0 Å². The van der Waals surface area contributed by atoms with Gasteiger partial charge in [-0.1, -0.05) is 19.1 Å². The number of hydrogen-bond acceptors (Lipinski definition) is 2. The molecular formula is C12H13NO2. The van der Waals surface area contributed by atoms with Gasteiger partial charge in [0.1, 0.15) is 0 Å². The van der Waals surface area contributed by atoms with E-state index in [2.05, 4.69) is 18.3 Å². The third-order valence-electron chi connectivity index (χ3n) is 2.59. The number of carboxylic acids is 1. The molecule has 1 aliphatic heterocycles. The number of carbonyl (C=O) groups is 1. The number of rotatable bonds is 2. The lowest BCUT2D eigenvalue weighted by molar-refractivity contribution is 0.0697. The quantitative estimate of drug-likeness (QED) is 0.776. The Morgan fingerprint density at radius 2 is 2.33 bits per heavy atom. The highest BCUT2D eigenvalue weighted by Crippen LogP contribution is 2.25. The zero-order valence-electron chi connectivity index (χ0n) is 8.53. The molecule has 0 radical (unpaired) electrons. The molecule has 3 nitrogen and oxygen atoms in total. The molecule has 15 heavy (non-hydrogen) atoms. The summed E-state index contributed by atoms with van der Waals surface area (Å²) in [5.41, 5.74) is 2.28. The van der Waals surface area contributed by atoms with E-state index in [1.807, 2.05) is 12.1 Å². The Hall–Kier alpha value is -1.77. The van der Waals surface area contributed by atoms with Crippen molar-refractivity contribution in [3.63, 3.8) is 0 Å². The zero-order valence-corrected chi connectivity index (χ0v) is 8.53. The molecule has 0 saturated heterocycles. The van der Waals surface area contributed by atoms with Crippen molar-refractivity contribution >= 4 is 17.7 Å². The summed E-state index contributed by atoms with van der Waals surface area (Å²) in [6, 6.07) is 5.49. The number of nitrogens with one attached hydrogen (secondary N) is 1. The van der Waals surface area contributed by atoms with E-state index in [4.69, 9.17) is 5.11 Å². The van der Waals surface area contributed by atoms with Crippen LogP contribution in [0.5, 0.6) is 0 Å². The second-order valence-electron chi connectivity index (χ2n) is 3.63. The molecule has 2 rings (SSSR count). The van der Waals surface area contributed by atoms with Gasteiger partial charge in [0.15, 0.2) is 0 Å². The van der Waals surface area contributed by atoms with Crippen molar-refractivity contribution < 1.29 is 9.90 Å². The maximum Gasteiger partial charge on any atom is 0.335 e. The summed E-state index contributed by atoms with van der Waals surface area (Å²) in [6.45, 7) is 2.11. The average molecular weight is 203 g/mol. The van der Waals surface area contributed by atoms with E-state index in [-0.39, 0.29) is 0 Å². The molecule has 0 aliphatic carbocycles. The van der Waals surface area contributed by atoms with Gasteiger partial charge in [-0.05, 0) is 30.2 Å². The lowest BCUT2D eigenvalue weighted by Gasteiger charge is -2.21. The van der Waals surface area contributed by atoms with Crippen LogP contribution in [-0.2, 0) is 0 Å². The highest BCUT2D eigenvalue weighted by molar-refractivity contribution is 5.90. The van der Waals surface area contributed by atoms with Gasteiger partial charge in [0.05, 0.1) is 5.56 Å². The van der Waals surface area contributed by atoms with Crippen molar-refractivity contribution in [2.75, 3.05) is 5.32 Å². The predicted molar refractivity (Wildman–Crippen MR) is 60.1 cm³/mol. The van der Waals surface area contributed by atoms with E-state index in [0.717, 1.165) is 17.7 Å². The molecule has 1 heterocycles. The van der Waals surface area contributed by atoms with E-state index in [0.29, 0.717) is 11.6 Å². The summed E-state index contributed by atoms with van der Waals surface area (Å²) < 4.78 is 0. The zero-order chi connectivity index (χ0) is 10.8. The maximum atomic E-state index is 10.8. The van der Waals surface area contributed by atoms with Crippen LogP contribution in [0.2, 0.25) is 0 Å². The van der Waals surface area contributed by atoms with E-state index >= 15 is 0 Å². The Bertz CT molecular complexity index is 424. The fraction of sp³-hybridized carbons (Fsp3) is 0.250. The fourth-order valence-corrected chi connectivity index (χ4v) is 1.67. The summed E-state index contributed by atoms with van der Waals surface area (Å²) in [5.74, 6) is -0.885. The Morgan fingerprint density at radius 1 is 1.53 bits per heavy atom. The molecule has 1 aromatic carbocycles. The van der Waals surface area contributed by atoms with Crippen LogP contribution in [0, 0.1) is 0 Å². The number of carboxylic acid groups (broad SMARTS) is 1. The summed E-state index contributed by atoms with van der Waals surface area (Å²) >= 11 is 0. The first-order valence-corrected chi connectivity index (χ1v) is 5.03. The SMILES string of the molecule is CCC1C=Cc2cc(C(=O)O)ccc2N1. The van der Waals surface area contributed by atoms with Crippen molar-refractivity contribution in [1.82, 2.24) is 0 Å². The van der Waals surface area contributed by atoms with Gasteiger partial charge in [-0.15, -0.1) is 0 Å². The number of aromatic carboxylic acids is 1. The van der Waals surface area contributed by atoms with E-state index in [9.17, 15) is 4.79 Å². The minimum atomic E-state index is -0.885. The third-order valence-corrected chi connectivity index (χ3v) is 2.59. The number of benzene rings is 1. The largest absolute Gasteiger partial charge is 0.478 e. The van der Waals surface area contributed by atoms with Gasteiger partial charge < -0.3 is 10.4 Å². The monoisotopic (exact) mass is 203 g/mol. The molecule has 1 aromatic rings. The van der Waals surface area contributed by atoms with E-state index in [1.54, 1.807) is 12.1 Å². The Balaban J connectivity index is 2.36. The summed E-state index contributed by atoms with van der Waals surface area (Å²) in [6.07, 6.45) is 5.07. The second kappa shape index (κ2) is 3.77. The molecule has 1 aliphatic rings. The van der Waals surface area contributed by atoms with Gasteiger partial charge in [0.25, 0.3) is 0 Å². The highest BCUT2D eigenvalue weighted by Gasteiger charge is 2.12. The van der Waals surface area contributed by atoms with Gasteiger partial charge in [-0.2, -0.15) is 0 Å². The van der Waals surface area contributed by atoms with Gasteiger partial charge in [-0.25, -0.2) is 4.79 Å². The van der Waals surface area contributed by atoms with Gasteiger partial charge in [0, 0.05) is 11.7 Å². The maximum absolute atomic E-state index is 10.8. The second-order valence-corrected chi connectivity index (χ2v) is 3.63. The lowest BCUT2D eigenvalue weighted by atomic mass is 10.0. The van der Waals surface area contributed by atoms with Crippen LogP contribution in [-0.4, -0.2) is 17.1 Å². The highest BCUT2D eigenvalue weighted by atomic mass is 16.4. The first-order valence-electron chi connectivity index (χ1n) is 5.03. The number of anilines is 1. The smallest absolute Gasteiger partial charge is 0.335 e. The minimum absolute atomic E-state index is 0.329. The lowest BCUT2D eigenvalue weighted by Crippen LogP contribution is -2.18. The Labute approximate surface area is 88.4 Å². The van der Waals surface area contributed by atoms with Crippen LogP contribution in [0.3, 0.4) is 0 Å². The summed E-state index contributed by atoms with van der Waals surface area (Å²) in [4.78, 5) is 10.8. The summed E-state index contributed by atoms with van der Waals surface area (Å²) in [7, 11) is 0. The van der Waals surface area contributed by atoms with Gasteiger partial charge in [-0.3, -0.25) is 0 Å². The molecule has 78 valence electrons. The molecule has 1 atom stereocenters. The van der Waals surface area contributed by atoms with Crippen LogP contribution < -0.4 is 5.32 Å². The van der Waals surface area contributed by atoms with Crippen molar-refractivity contribution in [2.24, 2.45) is 0 Å². The molecular weight excluding hydrogens is 190 g/mol. The molecule has 0 amide bonds. The number of fused-ring (bicyclic) bond motifs is 1. The fourth-order valence-electron chi connectivity index (χ4n) is 1.67. The van der Waals surface area contributed by atoms with Crippen LogP contribution in [0.1, 0.15) is 29.3 Å². The molecule has 0 spiro atoms.